The summed E-state index contributed by atoms with van der Waals surface area (Å²) in [6, 6.07) is 4.34. The van der Waals surface area contributed by atoms with Crippen molar-refractivity contribution in [2.24, 2.45) is 0 Å². The monoisotopic (exact) mass is 264 g/mol. The van der Waals surface area contributed by atoms with Gasteiger partial charge < -0.3 is 15.2 Å². The van der Waals surface area contributed by atoms with Crippen LogP contribution >= 0.6 is 0 Å². The second-order valence-electron chi connectivity index (χ2n) is 3.96. The van der Waals surface area contributed by atoms with Crippen LogP contribution in [-0.4, -0.2) is 16.0 Å². The first-order chi connectivity index (χ1) is 9.04. The molecule has 6 nitrogen and oxygen atoms in total. The van der Waals surface area contributed by atoms with Gasteiger partial charge in [-0.25, -0.2) is 4.39 Å². The van der Waals surface area contributed by atoms with E-state index in [1.165, 1.54) is 19.1 Å². The average molecular weight is 264 g/mol. The van der Waals surface area contributed by atoms with Gasteiger partial charge in [-0.15, -0.1) is 0 Å². The smallest absolute Gasteiger partial charge is 0.223 e. The minimum Gasteiger partial charge on any atom is -0.378 e. The molecule has 1 aromatic carbocycles. The molecular formula is C12H13FN4O2. The van der Waals surface area contributed by atoms with E-state index in [4.69, 9.17) is 4.52 Å². The van der Waals surface area contributed by atoms with E-state index in [9.17, 15) is 9.18 Å². The lowest BCUT2D eigenvalue weighted by Crippen LogP contribution is -2.08. The molecule has 2 aromatic rings. The number of halogens is 1. The molecule has 0 atom stereocenters. The van der Waals surface area contributed by atoms with Gasteiger partial charge in [0.1, 0.15) is 5.82 Å². The van der Waals surface area contributed by atoms with Gasteiger partial charge in [-0.2, -0.15) is 4.98 Å². The SMILES string of the molecule is CC(=O)Nc1cc(NCc2noc(C)n2)ccc1F. The standard InChI is InChI=1S/C12H13FN4O2/c1-7(18)15-11-5-9(3-4-10(11)13)14-6-12-16-8(2)19-17-12/h3-5,14H,6H2,1-2H3,(H,15,18). The number of nitrogens with one attached hydrogen (secondary N) is 2. The molecule has 0 fully saturated rings. The summed E-state index contributed by atoms with van der Waals surface area (Å²) in [5.41, 5.74) is 0.773. The lowest BCUT2D eigenvalue weighted by atomic mass is 10.2. The Hall–Kier alpha value is -2.44. The molecule has 2 rings (SSSR count). The van der Waals surface area contributed by atoms with Crippen molar-refractivity contribution < 1.29 is 13.7 Å². The Balaban J connectivity index is 2.06. The van der Waals surface area contributed by atoms with Crippen LogP contribution in [0.2, 0.25) is 0 Å². The molecule has 0 aliphatic carbocycles. The number of aromatic nitrogens is 2. The average Bonchev–Trinajstić information content (AvgIpc) is 2.75. The lowest BCUT2D eigenvalue weighted by Gasteiger charge is -2.08. The number of rotatable bonds is 4. The van der Waals surface area contributed by atoms with E-state index in [2.05, 4.69) is 20.8 Å². The molecule has 100 valence electrons. The van der Waals surface area contributed by atoms with Gasteiger partial charge in [0.2, 0.25) is 11.8 Å². The Kier molecular flexibility index (Phi) is 3.74. The zero-order valence-corrected chi connectivity index (χ0v) is 10.5. The van der Waals surface area contributed by atoms with Crippen molar-refractivity contribution in [3.63, 3.8) is 0 Å². The van der Waals surface area contributed by atoms with Crippen LogP contribution < -0.4 is 10.6 Å². The summed E-state index contributed by atoms with van der Waals surface area (Å²) >= 11 is 0. The van der Waals surface area contributed by atoms with Gasteiger partial charge >= 0.3 is 0 Å². The van der Waals surface area contributed by atoms with Crippen molar-refractivity contribution in [3.8, 4) is 0 Å². The number of amides is 1. The highest BCUT2D eigenvalue weighted by atomic mass is 19.1. The first-order valence-electron chi connectivity index (χ1n) is 5.65. The van der Waals surface area contributed by atoms with E-state index in [1.807, 2.05) is 0 Å². The van der Waals surface area contributed by atoms with Gasteiger partial charge in [0.15, 0.2) is 5.82 Å². The molecule has 19 heavy (non-hydrogen) atoms. The van der Waals surface area contributed by atoms with Gasteiger partial charge in [0.25, 0.3) is 0 Å². The maximum absolute atomic E-state index is 13.4. The summed E-state index contributed by atoms with van der Waals surface area (Å²) in [6.45, 7) is 3.37. The molecule has 0 spiro atoms. The van der Waals surface area contributed by atoms with E-state index >= 15 is 0 Å². The fourth-order valence-corrected chi connectivity index (χ4v) is 1.51. The number of hydrogen-bond donors (Lipinski definition) is 2. The molecular weight excluding hydrogens is 251 g/mol. The molecule has 0 saturated carbocycles. The van der Waals surface area contributed by atoms with E-state index in [-0.39, 0.29) is 11.6 Å². The van der Waals surface area contributed by atoms with Crippen molar-refractivity contribution in [2.75, 3.05) is 10.6 Å². The van der Waals surface area contributed by atoms with Crippen LogP contribution in [0.25, 0.3) is 0 Å². The summed E-state index contributed by atoms with van der Waals surface area (Å²) in [6.07, 6.45) is 0. The third-order valence-corrected chi connectivity index (χ3v) is 2.30. The quantitative estimate of drug-likeness (QED) is 0.883. The second-order valence-corrected chi connectivity index (χ2v) is 3.96. The van der Waals surface area contributed by atoms with E-state index in [0.717, 1.165) is 0 Å². The molecule has 0 aliphatic rings. The van der Waals surface area contributed by atoms with Gasteiger partial charge in [-0.3, -0.25) is 4.79 Å². The summed E-state index contributed by atoms with van der Waals surface area (Å²) in [5.74, 6) is 0.166. The van der Waals surface area contributed by atoms with E-state index < -0.39 is 5.82 Å². The van der Waals surface area contributed by atoms with Crippen LogP contribution in [-0.2, 0) is 11.3 Å². The number of carbonyl (C=O) groups excluding carboxylic acids is 1. The molecule has 0 unspecified atom stereocenters. The lowest BCUT2D eigenvalue weighted by molar-refractivity contribution is -0.114. The van der Waals surface area contributed by atoms with Gasteiger partial charge in [-0.05, 0) is 18.2 Å². The highest BCUT2D eigenvalue weighted by Gasteiger charge is 2.06. The second kappa shape index (κ2) is 5.47. The summed E-state index contributed by atoms with van der Waals surface area (Å²) in [5, 5.41) is 9.15. The van der Waals surface area contributed by atoms with Gasteiger partial charge in [0.05, 0.1) is 12.2 Å². The van der Waals surface area contributed by atoms with Crippen molar-refractivity contribution >= 4 is 17.3 Å². The summed E-state index contributed by atoms with van der Waals surface area (Å²) < 4.78 is 18.2. The molecule has 1 heterocycles. The first-order valence-corrected chi connectivity index (χ1v) is 5.65. The molecule has 1 amide bonds. The van der Waals surface area contributed by atoms with Crippen molar-refractivity contribution in [3.05, 3.63) is 35.7 Å². The fourth-order valence-electron chi connectivity index (χ4n) is 1.51. The maximum atomic E-state index is 13.4. The third-order valence-electron chi connectivity index (χ3n) is 2.30. The molecule has 0 bridgehead atoms. The van der Waals surface area contributed by atoms with Crippen LogP contribution in [0.5, 0.6) is 0 Å². The van der Waals surface area contributed by atoms with Crippen molar-refractivity contribution in [1.82, 2.24) is 10.1 Å². The van der Waals surface area contributed by atoms with E-state index in [0.29, 0.717) is 23.9 Å². The molecule has 0 saturated heterocycles. The van der Waals surface area contributed by atoms with Crippen LogP contribution in [0.3, 0.4) is 0 Å². The van der Waals surface area contributed by atoms with Crippen LogP contribution in [0, 0.1) is 12.7 Å². The summed E-state index contributed by atoms with van der Waals surface area (Å²) in [7, 11) is 0. The molecule has 7 heteroatoms. The molecule has 1 aromatic heterocycles. The molecule has 0 aliphatic heterocycles. The number of carbonyl (C=O) groups is 1. The normalized spacial score (nSPS) is 10.3. The van der Waals surface area contributed by atoms with E-state index in [1.54, 1.807) is 13.0 Å². The highest BCUT2D eigenvalue weighted by molar-refractivity contribution is 5.89. The van der Waals surface area contributed by atoms with Gasteiger partial charge in [-0.1, -0.05) is 5.16 Å². The third kappa shape index (κ3) is 3.51. The number of benzene rings is 1. The van der Waals surface area contributed by atoms with Crippen LogP contribution in [0.1, 0.15) is 18.6 Å². The molecule has 0 radical (unpaired) electrons. The minimum absolute atomic E-state index is 0.127. The Bertz CT molecular complexity index is 597. The zero-order valence-electron chi connectivity index (χ0n) is 10.5. The predicted octanol–water partition coefficient (Wildman–Crippen LogP) is 2.09. The Morgan fingerprint density at radius 2 is 2.26 bits per heavy atom. The first kappa shape index (κ1) is 13.0. The van der Waals surface area contributed by atoms with Crippen LogP contribution in [0.4, 0.5) is 15.8 Å². The maximum Gasteiger partial charge on any atom is 0.223 e. The van der Waals surface area contributed by atoms with Gasteiger partial charge in [0, 0.05) is 19.5 Å². The number of nitrogens with zero attached hydrogens (tertiary/aromatic N) is 2. The topological polar surface area (TPSA) is 80.0 Å². The zero-order chi connectivity index (χ0) is 13.8. The Morgan fingerprint density at radius 3 is 2.89 bits per heavy atom. The van der Waals surface area contributed by atoms with Crippen molar-refractivity contribution in [1.29, 1.82) is 0 Å². The molecule has 2 N–H and O–H groups in total. The highest BCUT2D eigenvalue weighted by Crippen LogP contribution is 2.19. The van der Waals surface area contributed by atoms with Crippen molar-refractivity contribution in [2.45, 2.75) is 20.4 Å². The Labute approximate surface area is 109 Å². The number of aryl methyl sites for hydroxylation is 1. The largest absolute Gasteiger partial charge is 0.378 e. The predicted molar refractivity (Wildman–Crippen MR) is 67.1 cm³/mol. The fraction of sp³-hybridized carbons (Fsp3) is 0.250. The number of hydrogen-bond acceptors (Lipinski definition) is 5. The summed E-state index contributed by atoms with van der Waals surface area (Å²) in [4.78, 5) is 15.0. The van der Waals surface area contributed by atoms with Crippen LogP contribution in [0.15, 0.2) is 22.7 Å². The Morgan fingerprint density at radius 1 is 1.47 bits per heavy atom. The number of anilines is 2. The minimum atomic E-state index is -0.490.